The van der Waals surface area contributed by atoms with E-state index in [-0.39, 0.29) is 23.9 Å². The minimum atomic E-state index is -4.22. The summed E-state index contributed by atoms with van der Waals surface area (Å²) in [4.78, 5) is 26.2. The molecular formula is C37H37ClF2N2O5S. The van der Waals surface area contributed by atoms with E-state index in [0.29, 0.717) is 27.3 Å². The summed E-state index contributed by atoms with van der Waals surface area (Å²) in [6, 6.07) is 21.0. The smallest absolute Gasteiger partial charge is 0.266 e. The molecule has 7 nitrogen and oxygen atoms in total. The largest absolute Gasteiger partial charge is 0.351 e. The van der Waals surface area contributed by atoms with Crippen molar-refractivity contribution in [2.75, 3.05) is 17.6 Å². The first kappa shape index (κ1) is 36.5. The summed E-state index contributed by atoms with van der Waals surface area (Å²) in [6.45, 7) is 7.75. The second-order valence-electron chi connectivity index (χ2n) is 12.6. The predicted octanol–water partition coefficient (Wildman–Crippen LogP) is 8.24. The fourth-order valence-electron chi connectivity index (χ4n) is 4.98. The number of aryl methyl sites for hydroxylation is 1. The molecule has 1 unspecified atom stereocenters. The number of rotatable bonds is 11. The SMILES string of the molecule is Cc1cc(Cl)ccc1-c1cc(F)c(NC(=O)C(Cc2ccc(C(=O)NCCS(=O)(=O)O)cc2)c2ccc(C=CC(C)(C)C)cc2)c(F)c1. The van der Waals surface area contributed by atoms with E-state index >= 15 is 8.78 Å². The monoisotopic (exact) mass is 694 g/mol. The van der Waals surface area contributed by atoms with Gasteiger partial charge >= 0.3 is 0 Å². The van der Waals surface area contributed by atoms with Crippen LogP contribution < -0.4 is 10.6 Å². The Morgan fingerprint density at radius 2 is 1.56 bits per heavy atom. The van der Waals surface area contributed by atoms with Crippen molar-refractivity contribution in [2.45, 2.75) is 40.0 Å². The van der Waals surface area contributed by atoms with Gasteiger partial charge in [-0.05, 0) is 88.5 Å². The third kappa shape index (κ3) is 10.3. The molecule has 0 bridgehead atoms. The molecule has 0 heterocycles. The Hall–Kier alpha value is -4.38. The van der Waals surface area contributed by atoms with E-state index in [4.69, 9.17) is 16.2 Å². The summed E-state index contributed by atoms with van der Waals surface area (Å²) in [5.41, 5.74) is 3.47. The van der Waals surface area contributed by atoms with Crippen molar-refractivity contribution in [1.29, 1.82) is 0 Å². The van der Waals surface area contributed by atoms with Gasteiger partial charge < -0.3 is 10.6 Å². The molecule has 1 atom stereocenters. The van der Waals surface area contributed by atoms with Crippen molar-refractivity contribution >= 4 is 45.3 Å². The van der Waals surface area contributed by atoms with Crippen LogP contribution in [-0.2, 0) is 21.3 Å². The third-order valence-electron chi connectivity index (χ3n) is 7.52. The molecule has 3 N–H and O–H groups in total. The highest BCUT2D eigenvalue weighted by molar-refractivity contribution is 7.85. The van der Waals surface area contributed by atoms with Crippen molar-refractivity contribution in [3.63, 3.8) is 0 Å². The molecule has 0 saturated carbocycles. The highest BCUT2D eigenvalue weighted by Gasteiger charge is 2.25. The Bertz CT molecular complexity index is 1920. The number of allylic oxidation sites excluding steroid dienone is 1. The summed E-state index contributed by atoms with van der Waals surface area (Å²) >= 11 is 6.04. The summed E-state index contributed by atoms with van der Waals surface area (Å²) in [5.74, 6) is -4.52. The zero-order valence-electron chi connectivity index (χ0n) is 27.0. The highest BCUT2D eigenvalue weighted by Crippen LogP contribution is 2.32. The van der Waals surface area contributed by atoms with Gasteiger partial charge in [0.05, 0.1) is 11.7 Å². The Balaban J connectivity index is 1.60. The van der Waals surface area contributed by atoms with Gasteiger partial charge in [0.15, 0.2) is 0 Å². The number of halogens is 3. The fourth-order valence-corrected chi connectivity index (χ4v) is 5.57. The Morgan fingerprint density at radius 1 is 0.938 bits per heavy atom. The summed E-state index contributed by atoms with van der Waals surface area (Å²) in [6.07, 6.45) is 4.18. The van der Waals surface area contributed by atoms with E-state index in [0.717, 1.165) is 11.1 Å². The molecule has 252 valence electrons. The zero-order valence-corrected chi connectivity index (χ0v) is 28.6. The Labute approximate surface area is 284 Å². The third-order valence-corrected chi connectivity index (χ3v) is 8.48. The number of hydrogen-bond donors (Lipinski definition) is 3. The van der Waals surface area contributed by atoms with Crippen LogP contribution in [0.4, 0.5) is 14.5 Å². The van der Waals surface area contributed by atoms with E-state index in [9.17, 15) is 18.0 Å². The second kappa shape index (κ2) is 15.2. The van der Waals surface area contributed by atoms with E-state index in [2.05, 4.69) is 37.5 Å². The van der Waals surface area contributed by atoms with E-state index in [1.54, 1.807) is 49.4 Å². The zero-order chi connectivity index (χ0) is 35.2. The fraction of sp³-hybridized carbons (Fsp3) is 0.243. The number of carbonyl (C=O) groups is 2. The topological polar surface area (TPSA) is 113 Å². The molecule has 0 aliphatic heterocycles. The average Bonchev–Trinajstić information content (AvgIpc) is 3.00. The molecule has 4 rings (SSSR count). The van der Waals surface area contributed by atoms with Crippen LogP contribution in [0.2, 0.25) is 5.02 Å². The second-order valence-corrected chi connectivity index (χ2v) is 14.6. The number of amides is 2. The van der Waals surface area contributed by atoms with Crippen LogP contribution in [0.25, 0.3) is 17.2 Å². The minimum Gasteiger partial charge on any atom is -0.351 e. The molecule has 0 aliphatic carbocycles. The first-order valence-corrected chi connectivity index (χ1v) is 17.2. The number of nitrogens with one attached hydrogen (secondary N) is 2. The van der Waals surface area contributed by atoms with Gasteiger partial charge in [-0.2, -0.15) is 8.42 Å². The molecule has 0 aromatic heterocycles. The number of benzene rings is 4. The van der Waals surface area contributed by atoms with Crippen molar-refractivity contribution in [3.8, 4) is 11.1 Å². The lowest BCUT2D eigenvalue weighted by molar-refractivity contribution is -0.117. The van der Waals surface area contributed by atoms with Crippen molar-refractivity contribution in [3.05, 3.63) is 129 Å². The van der Waals surface area contributed by atoms with Crippen molar-refractivity contribution in [1.82, 2.24) is 5.32 Å². The van der Waals surface area contributed by atoms with Crippen LogP contribution in [0.3, 0.4) is 0 Å². The highest BCUT2D eigenvalue weighted by atomic mass is 35.5. The Morgan fingerprint density at radius 3 is 2.12 bits per heavy atom. The summed E-state index contributed by atoms with van der Waals surface area (Å²) in [7, 11) is -4.22. The number of anilines is 1. The average molecular weight is 695 g/mol. The summed E-state index contributed by atoms with van der Waals surface area (Å²) in [5, 5.41) is 5.38. The van der Waals surface area contributed by atoms with Gasteiger partial charge in [0.25, 0.3) is 16.0 Å². The van der Waals surface area contributed by atoms with E-state index in [1.807, 2.05) is 18.2 Å². The van der Waals surface area contributed by atoms with Gasteiger partial charge in [-0.25, -0.2) is 8.78 Å². The molecule has 0 fully saturated rings. The van der Waals surface area contributed by atoms with E-state index < -0.39 is 50.9 Å². The lowest BCUT2D eigenvalue weighted by Crippen LogP contribution is -2.28. The lowest BCUT2D eigenvalue weighted by Gasteiger charge is -2.19. The number of carbonyl (C=O) groups excluding carboxylic acids is 2. The van der Waals surface area contributed by atoms with Crippen molar-refractivity contribution in [2.24, 2.45) is 5.41 Å². The molecule has 0 aliphatic rings. The predicted molar refractivity (Wildman–Crippen MR) is 187 cm³/mol. The maximum atomic E-state index is 15.4. The molecule has 4 aromatic rings. The minimum absolute atomic E-state index is 0.0311. The molecular weight excluding hydrogens is 658 g/mol. The van der Waals surface area contributed by atoms with Crippen LogP contribution in [0, 0.1) is 24.0 Å². The van der Waals surface area contributed by atoms with Gasteiger partial charge in [0, 0.05) is 17.1 Å². The quantitative estimate of drug-likeness (QED) is 0.137. The van der Waals surface area contributed by atoms with Crippen LogP contribution in [0.5, 0.6) is 0 Å². The van der Waals surface area contributed by atoms with Crippen LogP contribution in [0.1, 0.15) is 59.3 Å². The first-order chi connectivity index (χ1) is 22.5. The van der Waals surface area contributed by atoms with Gasteiger partial charge in [0.2, 0.25) is 5.91 Å². The maximum Gasteiger partial charge on any atom is 0.266 e. The normalized spacial score (nSPS) is 12.6. The van der Waals surface area contributed by atoms with Crippen LogP contribution in [-0.4, -0.2) is 37.1 Å². The van der Waals surface area contributed by atoms with Gasteiger partial charge in [-0.3, -0.25) is 14.1 Å². The van der Waals surface area contributed by atoms with Crippen molar-refractivity contribution < 1.29 is 31.3 Å². The van der Waals surface area contributed by atoms with Gasteiger partial charge in [-0.1, -0.05) is 87.0 Å². The maximum absolute atomic E-state index is 15.4. The molecule has 48 heavy (non-hydrogen) atoms. The Kier molecular flexibility index (Phi) is 11.6. The molecule has 0 saturated heterocycles. The molecule has 2 amide bonds. The molecule has 4 aromatic carbocycles. The first-order valence-electron chi connectivity index (χ1n) is 15.2. The summed E-state index contributed by atoms with van der Waals surface area (Å²) < 4.78 is 61.5. The lowest BCUT2D eigenvalue weighted by atomic mass is 9.89. The molecule has 0 spiro atoms. The van der Waals surface area contributed by atoms with Gasteiger partial charge in [-0.15, -0.1) is 0 Å². The molecule has 11 heteroatoms. The van der Waals surface area contributed by atoms with E-state index in [1.165, 1.54) is 24.3 Å². The van der Waals surface area contributed by atoms with Gasteiger partial charge in [0.1, 0.15) is 17.3 Å². The number of hydrogen-bond acceptors (Lipinski definition) is 4. The molecule has 0 radical (unpaired) electrons. The standard InChI is InChI=1S/C37H37ClF2N2O5S/c1-23-19-29(38)13-14-30(23)28-21-32(39)34(33(40)22-28)42-36(44)31(26-9-5-24(6-10-26)15-16-37(2,3)4)20-25-7-11-27(12-8-25)35(43)41-17-18-48(45,46)47/h5-16,19,21-22,31H,17-18,20H2,1-4H3,(H,41,43)(H,42,44)(H,45,46,47). The van der Waals surface area contributed by atoms with Crippen LogP contribution >= 0.6 is 11.6 Å². The van der Waals surface area contributed by atoms with Crippen LogP contribution in [0.15, 0.2) is 84.9 Å².